The lowest BCUT2D eigenvalue weighted by molar-refractivity contribution is -0.138. The van der Waals surface area contributed by atoms with Crippen molar-refractivity contribution in [3.05, 3.63) is 42.0 Å². The molecule has 0 spiro atoms. The SMILES string of the molecule is CCC12C[C@@H](O)C(CCO[Si](C)(C)C(C)(C)C)(O1)[C@H]1C(=O)N(c3ccc(C#N)c4ccccc34)C(=O)[C@H]12. The van der Waals surface area contributed by atoms with Gasteiger partial charge >= 0.3 is 0 Å². The van der Waals surface area contributed by atoms with Crippen LogP contribution in [0, 0.1) is 23.2 Å². The number of carbonyl (C=O) groups excluding carboxylic acids is 2. The van der Waals surface area contributed by atoms with Crippen LogP contribution in [0.5, 0.6) is 0 Å². The number of aliphatic hydroxyl groups is 1. The second-order valence-electron chi connectivity index (χ2n) is 12.3. The Morgan fingerprint density at radius 3 is 2.41 bits per heavy atom. The maximum absolute atomic E-state index is 14.1. The van der Waals surface area contributed by atoms with Gasteiger partial charge in [-0.25, -0.2) is 4.90 Å². The van der Waals surface area contributed by atoms with Crippen molar-refractivity contribution in [1.82, 2.24) is 0 Å². The van der Waals surface area contributed by atoms with Crippen molar-refractivity contribution in [3.63, 3.8) is 0 Å². The average Bonchev–Trinajstić information content (AvgIpc) is 3.41. The highest BCUT2D eigenvalue weighted by Gasteiger charge is 2.78. The highest BCUT2D eigenvalue weighted by molar-refractivity contribution is 6.74. The normalized spacial score (nSPS) is 31.3. The molecule has 2 amide bonds. The minimum Gasteiger partial charge on any atom is -0.417 e. The van der Waals surface area contributed by atoms with Gasteiger partial charge in [0.05, 0.1) is 40.9 Å². The third-order valence-corrected chi connectivity index (χ3v) is 14.1. The molecule has 1 N–H and O–H groups in total. The van der Waals surface area contributed by atoms with Crippen LogP contribution >= 0.6 is 0 Å². The first-order chi connectivity index (χ1) is 17.3. The molecule has 3 aliphatic heterocycles. The first kappa shape index (κ1) is 26.1. The van der Waals surface area contributed by atoms with Crippen LogP contribution in [-0.2, 0) is 18.8 Å². The van der Waals surface area contributed by atoms with Gasteiger partial charge in [0.25, 0.3) is 0 Å². The van der Waals surface area contributed by atoms with Crippen LogP contribution in [0.1, 0.15) is 52.5 Å². The molecule has 8 heteroatoms. The van der Waals surface area contributed by atoms with Gasteiger partial charge in [-0.05, 0) is 36.7 Å². The number of anilines is 1. The highest BCUT2D eigenvalue weighted by Crippen LogP contribution is 2.63. The lowest BCUT2D eigenvalue weighted by atomic mass is 9.64. The molecule has 3 saturated heterocycles. The molecule has 0 saturated carbocycles. The Labute approximate surface area is 219 Å². The second kappa shape index (κ2) is 8.47. The topological polar surface area (TPSA) is 99.9 Å². The van der Waals surface area contributed by atoms with Gasteiger partial charge < -0.3 is 14.3 Å². The number of aliphatic hydroxyl groups excluding tert-OH is 1. The molecule has 196 valence electrons. The Morgan fingerprint density at radius 1 is 1.14 bits per heavy atom. The van der Waals surface area contributed by atoms with Crippen LogP contribution in [0.25, 0.3) is 10.8 Å². The summed E-state index contributed by atoms with van der Waals surface area (Å²) in [5.41, 5.74) is -1.08. The molecule has 2 aromatic carbocycles. The van der Waals surface area contributed by atoms with E-state index in [-0.39, 0.29) is 16.9 Å². The molecule has 37 heavy (non-hydrogen) atoms. The number of rotatable bonds is 6. The van der Waals surface area contributed by atoms with Crippen LogP contribution in [0.15, 0.2) is 36.4 Å². The lowest BCUT2D eigenvalue weighted by Crippen LogP contribution is -2.52. The number of hydrogen-bond acceptors (Lipinski definition) is 6. The third-order valence-electron chi connectivity index (χ3n) is 9.52. The number of nitrogens with zero attached hydrogens (tertiary/aromatic N) is 2. The van der Waals surface area contributed by atoms with E-state index in [0.717, 1.165) is 0 Å². The van der Waals surface area contributed by atoms with Crippen LogP contribution in [0.2, 0.25) is 18.1 Å². The van der Waals surface area contributed by atoms with E-state index in [1.165, 1.54) is 4.90 Å². The minimum absolute atomic E-state index is 0.0256. The summed E-state index contributed by atoms with van der Waals surface area (Å²) in [5.74, 6) is -2.06. The van der Waals surface area contributed by atoms with E-state index in [1.54, 1.807) is 12.1 Å². The maximum Gasteiger partial charge on any atom is 0.240 e. The largest absolute Gasteiger partial charge is 0.417 e. The zero-order valence-corrected chi connectivity index (χ0v) is 23.5. The van der Waals surface area contributed by atoms with Gasteiger partial charge in [-0.1, -0.05) is 52.0 Å². The number of nitriles is 1. The van der Waals surface area contributed by atoms with Gasteiger partial charge in [-0.3, -0.25) is 9.59 Å². The van der Waals surface area contributed by atoms with E-state index in [2.05, 4.69) is 39.9 Å². The fraction of sp³-hybridized carbons (Fsp3) is 0.552. The van der Waals surface area contributed by atoms with Gasteiger partial charge in [0, 0.05) is 30.2 Å². The molecule has 5 rings (SSSR count). The van der Waals surface area contributed by atoms with Gasteiger partial charge in [-0.15, -0.1) is 0 Å². The lowest BCUT2D eigenvalue weighted by Gasteiger charge is -2.39. The fourth-order valence-electron chi connectivity index (χ4n) is 6.45. The number of amides is 2. The fourth-order valence-corrected chi connectivity index (χ4v) is 7.49. The van der Waals surface area contributed by atoms with Gasteiger partial charge in [0.2, 0.25) is 11.8 Å². The zero-order valence-electron chi connectivity index (χ0n) is 22.5. The maximum atomic E-state index is 14.1. The van der Waals surface area contributed by atoms with E-state index < -0.39 is 37.5 Å². The molecular weight excluding hydrogens is 484 g/mol. The Bertz CT molecular complexity index is 1330. The summed E-state index contributed by atoms with van der Waals surface area (Å²) < 4.78 is 13.0. The van der Waals surface area contributed by atoms with Crippen LogP contribution in [0.3, 0.4) is 0 Å². The van der Waals surface area contributed by atoms with Crippen molar-refractivity contribution in [2.24, 2.45) is 11.8 Å². The van der Waals surface area contributed by atoms with E-state index in [1.807, 2.05) is 31.2 Å². The van der Waals surface area contributed by atoms with E-state index in [4.69, 9.17) is 9.16 Å². The molecule has 0 aromatic heterocycles. The highest BCUT2D eigenvalue weighted by atomic mass is 28.4. The summed E-state index contributed by atoms with van der Waals surface area (Å²) in [6.07, 6.45) is 0.346. The molecule has 3 heterocycles. The predicted molar refractivity (Wildman–Crippen MR) is 143 cm³/mol. The third kappa shape index (κ3) is 3.55. The van der Waals surface area contributed by atoms with Crippen molar-refractivity contribution >= 4 is 36.6 Å². The molecule has 2 bridgehead atoms. The number of fused-ring (bicyclic) bond motifs is 6. The monoisotopic (exact) mass is 520 g/mol. The zero-order chi connectivity index (χ0) is 27.0. The molecule has 0 aliphatic carbocycles. The molecule has 2 unspecified atom stereocenters. The molecule has 7 nitrogen and oxygen atoms in total. The number of hydrogen-bond donors (Lipinski definition) is 1. The number of ether oxygens (including phenoxy) is 1. The van der Waals surface area contributed by atoms with E-state index >= 15 is 0 Å². The molecule has 3 fully saturated rings. The van der Waals surface area contributed by atoms with Gasteiger partial charge in [0.15, 0.2) is 8.32 Å². The Morgan fingerprint density at radius 2 is 1.78 bits per heavy atom. The Hall–Kier alpha value is -2.57. The number of imide groups is 1. The summed E-state index contributed by atoms with van der Waals surface area (Å²) >= 11 is 0. The summed E-state index contributed by atoms with van der Waals surface area (Å²) in [5, 5.41) is 22.3. The predicted octanol–water partition coefficient (Wildman–Crippen LogP) is 4.91. The van der Waals surface area contributed by atoms with Crippen molar-refractivity contribution in [3.8, 4) is 6.07 Å². The van der Waals surface area contributed by atoms with Crippen LogP contribution < -0.4 is 4.90 Å². The minimum atomic E-state index is -2.05. The molecule has 2 aromatic rings. The molecular formula is C29H36N2O5Si. The Balaban J connectivity index is 1.54. The van der Waals surface area contributed by atoms with E-state index in [0.29, 0.717) is 47.9 Å². The number of carbonyl (C=O) groups is 2. The van der Waals surface area contributed by atoms with Crippen molar-refractivity contribution in [1.29, 1.82) is 5.26 Å². The van der Waals surface area contributed by atoms with Crippen molar-refractivity contribution < 1.29 is 23.9 Å². The summed E-state index contributed by atoms with van der Waals surface area (Å²) in [7, 11) is -2.05. The van der Waals surface area contributed by atoms with Gasteiger partial charge in [0.1, 0.15) is 5.60 Å². The van der Waals surface area contributed by atoms with Crippen molar-refractivity contribution in [2.75, 3.05) is 11.5 Å². The summed E-state index contributed by atoms with van der Waals surface area (Å²) in [6.45, 7) is 13.2. The summed E-state index contributed by atoms with van der Waals surface area (Å²) in [6, 6.07) is 12.9. The standard InChI is InChI=1S/C29H36N2O5Si/c1-7-28-16-22(32)29(36-28,14-15-35-37(5,6)27(2,3)4)24-23(28)25(33)31(26(24)34)21-13-12-18(17-30)19-10-8-9-11-20(19)21/h8-13,22-24,32H,7,14-16H2,1-6H3/t22-,23+,24-,28?,29?/m1/s1. The Kier molecular flexibility index (Phi) is 5.96. The van der Waals surface area contributed by atoms with Crippen molar-refractivity contribution in [2.45, 2.75) is 82.4 Å². The second-order valence-corrected chi connectivity index (χ2v) is 17.1. The first-order valence-corrected chi connectivity index (χ1v) is 16.1. The first-order valence-electron chi connectivity index (χ1n) is 13.2. The van der Waals surface area contributed by atoms with Crippen LogP contribution in [0.4, 0.5) is 5.69 Å². The quantitative estimate of drug-likeness (QED) is 0.429. The van der Waals surface area contributed by atoms with E-state index in [9.17, 15) is 20.0 Å². The van der Waals surface area contributed by atoms with Gasteiger partial charge in [-0.2, -0.15) is 5.26 Å². The number of benzene rings is 2. The summed E-state index contributed by atoms with van der Waals surface area (Å²) in [4.78, 5) is 29.4. The molecule has 5 atom stereocenters. The average molecular weight is 521 g/mol. The smallest absolute Gasteiger partial charge is 0.240 e. The van der Waals surface area contributed by atoms with Crippen LogP contribution in [-0.4, -0.2) is 49.2 Å². The molecule has 3 aliphatic rings. The molecule has 0 radical (unpaired) electrons.